The number of aryl methyl sites for hydroxylation is 2. The van der Waals surface area contributed by atoms with Crippen molar-refractivity contribution < 1.29 is 9.21 Å². The summed E-state index contributed by atoms with van der Waals surface area (Å²) in [5, 5.41) is 2.85. The van der Waals surface area contributed by atoms with E-state index in [1.807, 2.05) is 19.9 Å². The van der Waals surface area contributed by atoms with E-state index in [1.165, 1.54) is 6.26 Å². The Bertz CT molecular complexity index is 573. The molecule has 2 rings (SSSR count). The van der Waals surface area contributed by atoms with E-state index in [4.69, 9.17) is 10.2 Å². The van der Waals surface area contributed by atoms with E-state index in [1.54, 1.807) is 18.2 Å². The van der Waals surface area contributed by atoms with Crippen molar-refractivity contribution in [1.82, 2.24) is 0 Å². The monoisotopic (exact) mass is 244 g/mol. The molecule has 0 saturated carbocycles. The zero-order valence-corrected chi connectivity index (χ0v) is 10.5. The number of furan rings is 1. The minimum atomic E-state index is -0.172. The lowest BCUT2D eigenvalue weighted by Gasteiger charge is -2.09. The van der Waals surface area contributed by atoms with Crippen LogP contribution in [0, 0.1) is 6.92 Å². The number of anilines is 2. The second-order valence-corrected chi connectivity index (χ2v) is 4.14. The molecule has 0 aliphatic carbocycles. The molecule has 0 aliphatic heterocycles. The van der Waals surface area contributed by atoms with Crippen LogP contribution < -0.4 is 11.1 Å². The summed E-state index contributed by atoms with van der Waals surface area (Å²) in [6, 6.07) is 7.11. The first-order chi connectivity index (χ1) is 8.61. The SMILES string of the molecule is CCc1occc1C(=O)Nc1cc(N)ccc1C. The first kappa shape index (κ1) is 12.2. The van der Waals surface area contributed by atoms with Gasteiger partial charge in [-0.15, -0.1) is 0 Å². The van der Waals surface area contributed by atoms with Gasteiger partial charge in [0.25, 0.3) is 5.91 Å². The van der Waals surface area contributed by atoms with E-state index in [0.717, 1.165) is 11.3 Å². The molecule has 18 heavy (non-hydrogen) atoms. The maximum Gasteiger partial charge on any atom is 0.259 e. The molecule has 4 nitrogen and oxygen atoms in total. The minimum Gasteiger partial charge on any atom is -0.469 e. The van der Waals surface area contributed by atoms with E-state index in [-0.39, 0.29) is 5.91 Å². The van der Waals surface area contributed by atoms with Gasteiger partial charge in [-0.1, -0.05) is 13.0 Å². The zero-order chi connectivity index (χ0) is 13.1. The number of nitrogens with two attached hydrogens (primary N) is 1. The van der Waals surface area contributed by atoms with Crippen LogP contribution in [-0.2, 0) is 6.42 Å². The molecular formula is C14H16N2O2. The standard InChI is InChI=1S/C14H16N2O2/c1-3-13-11(6-7-18-13)14(17)16-12-8-10(15)5-4-9(12)2/h4-8H,3,15H2,1-2H3,(H,16,17). The van der Waals surface area contributed by atoms with Gasteiger partial charge in [-0.2, -0.15) is 0 Å². The number of hydrogen-bond donors (Lipinski definition) is 2. The van der Waals surface area contributed by atoms with Crippen LogP contribution in [0.3, 0.4) is 0 Å². The fourth-order valence-electron chi connectivity index (χ4n) is 1.78. The summed E-state index contributed by atoms with van der Waals surface area (Å²) < 4.78 is 5.24. The maximum atomic E-state index is 12.1. The van der Waals surface area contributed by atoms with Gasteiger partial charge in [-0.3, -0.25) is 4.79 Å². The van der Waals surface area contributed by atoms with Crippen LogP contribution in [0.4, 0.5) is 11.4 Å². The normalized spacial score (nSPS) is 10.3. The largest absolute Gasteiger partial charge is 0.469 e. The smallest absolute Gasteiger partial charge is 0.259 e. The molecule has 1 amide bonds. The molecule has 4 heteroatoms. The Morgan fingerprint density at radius 2 is 2.17 bits per heavy atom. The summed E-state index contributed by atoms with van der Waals surface area (Å²) >= 11 is 0. The highest BCUT2D eigenvalue weighted by Gasteiger charge is 2.14. The van der Waals surface area contributed by atoms with Crippen molar-refractivity contribution in [1.29, 1.82) is 0 Å². The van der Waals surface area contributed by atoms with Gasteiger partial charge < -0.3 is 15.5 Å². The Morgan fingerprint density at radius 1 is 1.39 bits per heavy atom. The van der Waals surface area contributed by atoms with Gasteiger partial charge in [0.2, 0.25) is 0 Å². The highest BCUT2D eigenvalue weighted by Crippen LogP contribution is 2.20. The molecule has 94 valence electrons. The van der Waals surface area contributed by atoms with E-state index in [0.29, 0.717) is 23.4 Å². The Kier molecular flexibility index (Phi) is 3.37. The van der Waals surface area contributed by atoms with Crippen LogP contribution in [-0.4, -0.2) is 5.91 Å². The molecule has 1 aromatic carbocycles. The molecule has 2 aromatic rings. The van der Waals surface area contributed by atoms with E-state index in [2.05, 4.69) is 5.32 Å². The third kappa shape index (κ3) is 2.37. The number of amides is 1. The van der Waals surface area contributed by atoms with Gasteiger partial charge in [0.15, 0.2) is 0 Å². The zero-order valence-electron chi connectivity index (χ0n) is 10.5. The van der Waals surface area contributed by atoms with E-state index >= 15 is 0 Å². The number of nitrogens with one attached hydrogen (secondary N) is 1. The van der Waals surface area contributed by atoms with Gasteiger partial charge in [0.05, 0.1) is 11.8 Å². The summed E-state index contributed by atoms with van der Waals surface area (Å²) in [6.45, 7) is 3.87. The Labute approximate surface area is 106 Å². The van der Waals surface area contributed by atoms with Crippen molar-refractivity contribution >= 4 is 17.3 Å². The minimum absolute atomic E-state index is 0.172. The lowest BCUT2D eigenvalue weighted by molar-refractivity contribution is 0.102. The molecule has 0 saturated heterocycles. The van der Waals surface area contributed by atoms with Crippen molar-refractivity contribution in [2.24, 2.45) is 0 Å². The van der Waals surface area contributed by atoms with E-state index < -0.39 is 0 Å². The first-order valence-electron chi connectivity index (χ1n) is 5.85. The average molecular weight is 244 g/mol. The van der Waals surface area contributed by atoms with Gasteiger partial charge in [-0.25, -0.2) is 0 Å². The lowest BCUT2D eigenvalue weighted by Crippen LogP contribution is -2.13. The predicted octanol–water partition coefficient (Wildman–Crippen LogP) is 2.98. The third-order valence-corrected chi connectivity index (χ3v) is 2.82. The van der Waals surface area contributed by atoms with Crippen LogP contribution in [0.1, 0.15) is 28.6 Å². The van der Waals surface area contributed by atoms with E-state index in [9.17, 15) is 4.79 Å². The molecule has 1 heterocycles. The van der Waals surface area contributed by atoms with Crippen LogP contribution in [0.15, 0.2) is 34.9 Å². The number of carbonyl (C=O) groups excluding carboxylic acids is 1. The molecule has 3 N–H and O–H groups in total. The predicted molar refractivity (Wildman–Crippen MR) is 71.6 cm³/mol. The number of nitrogen functional groups attached to an aromatic ring is 1. The molecule has 0 atom stereocenters. The second-order valence-electron chi connectivity index (χ2n) is 4.14. The maximum absolute atomic E-state index is 12.1. The summed E-state index contributed by atoms with van der Waals surface area (Å²) in [5.41, 5.74) is 8.60. The molecule has 0 bridgehead atoms. The molecule has 0 radical (unpaired) electrons. The number of carbonyl (C=O) groups is 1. The topological polar surface area (TPSA) is 68.3 Å². The highest BCUT2D eigenvalue weighted by atomic mass is 16.3. The molecule has 0 unspecified atom stereocenters. The number of rotatable bonds is 3. The summed E-state index contributed by atoms with van der Waals surface area (Å²) in [4.78, 5) is 12.1. The van der Waals surface area contributed by atoms with Crippen molar-refractivity contribution in [3.05, 3.63) is 47.4 Å². The quantitative estimate of drug-likeness (QED) is 0.815. The molecule has 0 aliphatic rings. The number of hydrogen-bond acceptors (Lipinski definition) is 3. The fraction of sp³-hybridized carbons (Fsp3) is 0.214. The number of benzene rings is 1. The van der Waals surface area contributed by atoms with Crippen molar-refractivity contribution in [2.45, 2.75) is 20.3 Å². The Balaban J connectivity index is 2.24. The van der Waals surface area contributed by atoms with Crippen molar-refractivity contribution in [2.75, 3.05) is 11.1 Å². The Hall–Kier alpha value is -2.23. The summed E-state index contributed by atoms with van der Waals surface area (Å²) in [7, 11) is 0. The van der Waals surface area contributed by atoms with Crippen LogP contribution >= 0.6 is 0 Å². The second kappa shape index (κ2) is 4.96. The van der Waals surface area contributed by atoms with Crippen molar-refractivity contribution in [3.63, 3.8) is 0 Å². The van der Waals surface area contributed by atoms with Crippen LogP contribution in [0.2, 0.25) is 0 Å². The van der Waals surface area contributed by atoms with Crippen LogP contribution in [0.5, 0.6) is 0 Å². The summed E-state index contributed by atoms with van der Waals surface area (Å²) in [6.07, 6.45) is 2.21. The summed E-state index contributed by atoms with van der Waals surface area (Å²) in [5.74, 6) is 0.517. The highest BCUT2D eigenvalue weighted by molar-refractivity contribution is 6.05. The van der Waals surface area contributed by atoms with Crippen molar-refractivity contribution in [3.8, 4) is 0 Å². The molecule has 0 spiro atoms. The fourth-order valence-corrected chi connectivity index (χ4v) is 1.78. The van der Waals surface area contributed by atoms with Gasteiger partial charge in [0.1, 0.15) is 5.76 Å². The molecule has 0 fully saturated rings. The third-order valence-electron chi connectivity index (χ3n) is 2.82. The van der Waals surface area contributed by atoms with Gasteiger partial charge >= 0.3 is 0 Å². The molecule has 1 aromatic heterocycles. The molecular weight excluding hydrogens is 228 g/mol. The Morgan fingerprint density at radius 3 is 2.89 bits per heavy atom. The lowest BCUT2D eigenvalue weighted by atomic mass is 10.1. The average Bonchev–Trinajstić information content (AvgIpc) is 2.82. The van der Waals surface area contributed by atoms with Crippen LogP contribution in [0.25, 0.3) is 0 Å². The first-order valence-corrected chi connectivity index (χ1v) is 5.85. The van der Waals surface area contributed by atoms with Gasteiger partial charge in [0, 0.05) is 17.8 Å². The van der Waals surface area contributed by atoms with Gasteiger partial charge in [-0.05, 0) is 30.7 Å².